The smallest absolute Gasteiger partial charge is 0.347 e. The Hall–Kier alpha value is -4.57. The molecule has 10 rings (SSSR count). The van der Waals surface area contributed by atoms with Crippen LogP contribution in [0.4, 0.5) is 0 Å². The average Bonchev–Trinajstić information content (AvgIpc) is 4.10. The van der Waals surface area contributed by atoms with E-state index in [0.717, 1.165) is 36.9 Å². The van der Waals surface area contributed by atoms with Gasteiger partial charge < -0.3 is 4.74 Å². The van der Waals surface area contributed by atoms with Gasteiger partial charge in [0.2, 0.25) is 0 Å². The number of hydrogen-bond donors (Lipinski definition) is 0. The molecular formula is C58H67NO3. The maximum Gasteiger partial charge on any atom is 0.347 e. The van der Waals surface area contributed by atoms with Crippen molar-refractivity contribution in [2.24, 2.45) is 11.8 Å². The fraction of sp³-hybridized carbons (Fsp3) is 0.500. The summed E-state index contributed by atoms with van der Waals surface area (Å²) in [6, 6.07) is 23.7. The van der Waals surface area contributed by atoms with Gasteiger partial charge in [0.15, 0.2) is 0 Å². The number of pyridine rings is 1. The molecule has 4 nitrogen and oxygen atoms in total. The summed E-state index contributed by atoms with van der Waals surface area (Å²) in [6.07, 6.45) is 20.1. The Labute approximate surface area is 371 Å². The normalized spacial score (nSPS) is 29.0. The highest BCUT2D eigenvalue weighted by Crippen LogP contribution is 2.68. The molecule has 4 heteroatoms. The quantitative estimate of drug-likeness (QED) is 0.101. The van der Waals surface area contributed by atoms with Crippen molar-refractivity contribution in [3.05, 3.63) is 158 Å². The molecule has 322 valence electrons. The van der Waals surface area contributed by atoms with Gasteiger partial charge in [-0.05, 0) is 180 Å². The van der Waals surface area contributed by atoms with E-state index < -0.39 is 11.9 Å². The first-order chi connectivity index (χ1) is 29.3. The molecule has 1 heterocycles. The summed E-state index contributed by atoms with van der Waals surface area (Å²) in [5, 5.41) is 0. The number of ether oxygens (including phenoxy) is 1. The van der Waals surface area contributed by atoms with E-state index in [1.807, 2.05) is 18.2 Å². The van der Waals surface area contributed by atoms with Gasteiger partial charge in [-0.1, -0.05) is 121 Å². The van der Waals surface area contributed by atoms with Crippen LogP contribution in [0, 0.1) is 18.8 Å². The predicted octanol–water partition coefficient (Wildman–Crippen LogP) is 13.5. The van der Waals surface area contributed by atoms with Crippen molar-refractivity contribution in [1.29, 1.82) is 0 Å². The molecule has 62 heavy (non-hydrogen) atoms. The third-order valence-corrected chi connectivity index (χ3v) is 17.5. The predicted molar refractivity (Wildman–Crippen MR) is 250 cm³/mol. The minimum atomic E-state index is -0.674. The van der Waals surface area contributed by atoms with Crippen LogP contribution < -0.4 is 0 Å². The largest absolute Gasteiger partial charge is 0.386 e. The molecule has 4 aromatic rings. The molecule has 4 unspecified atom stereocenters. The maximum absolute atomic E-state index is 13.0. The number of carbonyl (C=O) groups is 2. The lowest BCUT2D eigenvalue weighted by Gasteiger charge is -2.43. The van der Waals surface area contributed by atoms with Crippen LogP contribution in [-0.2, 0) is 50.1 Å². The zero-order valence-electron chi connectivity index (χ0n) is 38.9. The second kappa shape index (κ2) is 14.2. The number of benzene rings is 3. The van der Waals surface area contributed by atoms with Crippen molar-refractivity contribution >= 4 is 11.9 Å². The monoisotopic (exact) mass is 826 g/mol. The Morgan fingerprint density at radius 3 is 1.73 bits per heavy atom. The van der Waals surface area contributed by atoms with Gasteiger partial charge >= 0.3 is 11.9 Å². The summed E-state index contributed by atoms with van der Waals surface area (Å²) in [5.74, 6) is -0.0591. The van der Waals surface area contributed by atoms with Crippen LogP contribution in [0.2, 0.25) is 0 Å². The molecule has 6 aliphatic rings. The number of allylic oxidation sites excluding steroid dienone is 4. The van der Waals surface area contributed by atoms with Crippen molar-refractivity contribution in [3.63, 3.8) is 0 Å². The van der Waals surface area contributed by atoms with Crippen LogP contribution in [-0.4, -0.2) is 16.9 Å². The van der Waals surface area contributed by atoms with Crippen molar-refractivity contribution in [1.82, 2.24) is 4.98 Å². The van der Waals surface area contributed by atoms with Gasteiger partial charge in [0.1, 0.15) is 0 Å². The van der Waals surface area contributed by atoms with Gasteiger partial charge in [-0.3, -0.25) is 4.98 Å². The molecular weight excluding hydrogens is 759 g/mol. The molecule has 0 amide bonds. The van der Waals surface area contributed by atoms with Gasteiger partial charge in [-0.25, -0.2) is 9.59 Å². The Morgan fingerprint density at radius 1 is 0.581 bits per heavy atom. The summed E-state index contributed by atoms with van der Waals surface area (Å²) < 4.78 is 5.32. The highest BCUT2D eigenvalue weighted by atomic mass is 16.6. The van der Waals surface area contributed by atoms with E-state index in [1.54, 1.807) is 68.9 Å². The maximum atomic E-state index is 13.0. The van der Waals surface area contributed by atoms with Crippen LogP contribution in [0.25, 0.3) is 0 Å². The average molecular weight is 826 g/mol. The molecule has 3 aromatic carbocycles. The third kappa shape index (κ3) is 6.89. The summed E-state index contributed by atoms with van der Waals surface area (Å²) in [6.45, 7) is 21.7. The van der Waals surface area contributed by atoms with E-state index >= 15 is 0 Å². The second-order valence-corrected chi connectivity index (χ2v) is 23.2. The number of aryl methyl sites for hydroxylation is 1. The molecule has 0 radical (unpaired) electrons. The molecule has 0 bridgehead atoms. The fourth-order valence-corrected chi connectivity index (χ4v) is 12.9. The van der Waals surface area contributed by atoms with Crippen molar-refractivity contribution in [3.8, 4) is 0 Å². The zero-order chi connectivity index (χ0) is 43.6. The van der Waals surface area contributed by atoms with Crippen LogP contribution >= 0.6 is 0 Å². The SMILES string of the molecule is Cc1cc2c(cc1C13CCC(=CCc4ccc(C(=O)OC(=O)c5ccc(CC=C6CCC7(c8ccc9c(c8)C(C)(C)CCC9(C)C)CC67)cc5)cn4)C1C3)C(C)(C)CCC2(C)C. The summed E-state index contributed by atoms with van der Waals surface area (Å²) in [4.78, 5) is 30.7. The van der Waals surface area contributed by atoms with Crippen LogP contribution in [0.15, 0.2) is 96.2 Å². The first kappa shape index (κ1) is 41.4. The van der Waals surface area contributed by atoms with Crippen LogP contribution in [0.1, 0.15) is 191 Å². The number of hydrogen-bond acceptors (Lipinski definition) is 4. The number of carbonyl (C=O) groups excluding carboxylic acids is 2. The van der Waals surface area contributed by atoms with Crippen molar-refractivity contribution in [2.75, 3.05) is 0 Å². The lowest BCUT2D eigenvalue weighted by molar-refractivity contribution is 0.0397. The molecule has 6 aliphatic carbocycles. The van der Waals surface area contributed by atoms with E-state index in [4.69, 9.17) is 4.74 Å². The number of esters is 2. The lowest BCUT2D eigenvalue weighted by Crippen LogP contribution is -2.34. The minimum Gasteiger partial charge on any atom is -0.386 e. The molecule has 0 spiro atoms. The zero-order valence-corrected chi connectivity index (χ0v) is 38.9. The van der Waals surface area contributed by atoms with Crippen LogP contribution in [0.5, 0.6) is 0 Å². The number of aromatic nitrogens is 1. The van der Waals surface area contributed by atoms with Gasteiger partial charge in [-0.2, -0.15) is 0 Å². The van der Waals surface area contributed by atoms with Gasteiger partial charge in [0, 0.05) is 29.1 Å². The van der Waals surface area contributed by atoms with Crippen molar-refractivity contribution in [2.45, 2.75) is 172 Å². The standard InChI is InChI=1S/C58H67NO3/c1-36-30-46-48(56(8,9)29-28-54(46,4)5)32-45(36)58-25-23-39(50(58)34-58)16-19-43-20-17-41(35-59-43)52(61)62-51(60)40-14-11-37(12-15-40)10-13-38-22-24-57(33-49(38)57)42-18-21-44-47(31-42)55(6,7)27-26-53(44,2)3/h11-18,20-21,30-32,35,49-50H,10,19,22-29,33-34H2,1-9H3. The lowest BCUT2D eigenvalue weighted by atomic mass is 9.62. The number of fused-ring (bicyclic) bond motifs is 4. The summed E-state index contributed by atoms with van der Waals surface area (Å²) in [5.41, 5.74) is 18.2. The van der Waals surface area contributed by atoms with Crippen LogP contribution in [0.3, 0.4) is 0 Å². The molecule has 0 N–H and O–H groups in total. The summed E-state index contributed by atoms with van der Waals surface area (Å²) in [7, 11) is 0. The first-order valence-corrected chi connectivity index (χ1v) is 23.8. The van der Waals surface area contributed by atoms with Gasteiger partial charge in [0.05, 0.1) is 11.1 Å². The highest BCUT2D eigenvalue weighted by molar-refractivity contribution is 6.02. The number of rotatable bonds is 8. The Bertz CT molecular complexity index is 2560. The Kier molecular flexibility index (Phi) is 9.50. The van der Waals surface area contributed by atoms with Crippen molar-refractivity contribution < 1.29 is 14.3 Å². The molecule has 4 atom stereocenters. The minimum absolute atomic E-state index is 0.215. The third-order valence-electron chi connectivity index (χ3n) is 17.5. The topological polar surface area (TPSA) is 56.3 Å². The van der Waals surface area contributed by atoms with E-state index in [9.17, 15) is 9.59 Å². The van der Waals surface area contributed by atoms with Gasteiger partial charge in [-0.15, -0.1) is 0 Å². The van der Waals surface area contributed by atoms with E-state index in [0.29, 0.717) is 22.8 Å². The van der Waals surface area contributed by atoms with Gasteiger partial charge in [0.25, 0.3) is 0 Å². The molecule has 1 aromatic heterocycles. The Balaban J connectivity index is 0.727. The molecule has 4 fully saturated rings. The number of nitrogens with zero attached hydrogens (tertiary/aromatic N) is 1. The van der Waals surface area contributed by atoms with E-state index in [1.165, 1.54) is 56.9 Å². The van der Waals surface area contributed by atoms with E-state index in [2.05, 4.69) is 110 Å². The van der Waals surface area contributed by atoms with E-state index in [-0.39, 0.29) is 32.6 Å². The molecule has 4 saturated carbocycles. The molecule has 0 aliphatic heterocycles. The Morgan fingerprint density at radius 2 is 1.11 bits per heavy atom. The first-order valence-electron chi connectivity index (χ1n) is 23.8. The summed E-state index contributed by atoms with van der Waals surface area (Å²) >= 11 is 0. The second-order valence-electron chi connectivity index (χ2n) is 23.2. The fourth-order valence-electron chi connectivity index (χ4n) is 12.9. The molecule has 0 saturated heterocycles. The highest BCUT2D eigenvalue weighted by Gasteiger charge is 2.61.